The van der Waals surface area contributed by atoms with Crippen LogP contribution in [0.15, 0.2) is 48.5 Å². The Balaban J connectivity index is 2.16. The Morgan fingerprint density at radius 2 is 1.84 bits per heavy atom. The molecule has 0 aliphatic carbocycles. The summed E-state index contributed by atoms with van der Waals surface area (Å²) < 4.78 is 0. The van der Waals surface area contributed by atoms with E-state index in [1.165, 1.54) is 0 Å². The minimum absolute atomic E-state index is 0.0907. The van der Waals surface area contributed by atoms with Gasteiger partial charge in [-0.25, -0.2) is 0 Å². The standard InChI is InChI=1S/C15H15ClN2O/c1-10(11-6-3-2-4-7-11)18-15(19)12-8-5-9-13(16)14(12)17/h2-10H,17H2,1H3,(H,18,19). The Kier molecular flexibility index (Phi) is 4.07. The van der Waals surface area contributed by atoms with Crippen molar-refractivity contribution < 1.29 is 4.79 Å². The van der Waals surface area contributed by atoms with Gasteiger partial charge in [-0.2, -0.15) is 0 Å². The second-order valence-electron chi connectivity index (χ2n) is 4.31. The Hall–Kier alpha value is -2.00. The number of nitrogens with one attached hydrogen (secondary N) is 1. The molecule has 1 amide bonds. The molecule has 4 heteroatoms. The number of halogens is 1. The van der Waals surface area contributed by atoms with Gasteiger partial charge < -0.3 is 11.1 Å². The minimum atomic E-state index is -0.226. The molecule has 0 fully saturated rings. The van der Waals surface area contributed by atoms with Gasteiger partial charge >= 0.3 is 0 Å². The average molecular weight is 275 g/mol. The molecule has 98 valence electrons. The highest BCUT2D eigenvalue weighted by atomic mass is 35.5. The van der Waals surface area contributed by atoms with Crippen LogP contribution in [0.25, 0.3) is 0 Å². The molecule has 0 radical (unpaired) electrons. The summed E-state index contributed by atoms with van der Waals surface area (Å²) in [5.74, 6) is -0.226. The summed E-state index contributed by atoms with van der Waals surface area (Å²) in [7, 11) is 0. The van der Waals surface area contributed by atoms with Crippen LogP contribution in [0.2, 0.25) is 5.02 Å². The van der Waals surface area contributed by atoms with Crippen molar-refractivity contribution in [2.75, 3.05) is 5.73 Å². The van der Waals surface area contributed by atoms with Gasteiger partial charge in [0.1, 0.15) is 0 Å². The summed E-state index contributed by atoms with van der Waals surface area (Å²) >= 11 is 5.91. The molecule has 2 aromatic carbocycles. The van der Waals surface area contributed by atoms with Crippen molar-refractivity contribution in [3.8, 4) is 0 Å². The molecule has 2 aromatic rings. The molecule has 0 spiro atoms. The van der Waals surface area contributed by atoms with E-state index in [0.29, 0.717) is 16.3 Å². The first kappa shape index (κ1) is 13.4. The van der Waals surface area contributed by atoms with Crippen LogP contribution < -0.4 is 11.1 Å². The summed E-state index contributed by atoms with van der Waals surface area (Å²) in [5.41, 5.74) is 7.55. The molecule has 1 atom stereocenters. The normalized spacial score (nSPS) is 11.9. The number of rotatable bonds is 3. The maximum absolute atomic E-state index is 12.2. The summed E-state index contributed by atoms with van der Waals surface area (Å²) in [4.78, 5) is 12.2. The Morgan fingerprint density at radius 1 is 1.16 bits per heavy atom. The molecule has 19 heavy (non-hydrogen) atoms. The fraction of sp³-hybridized carbons (Fsp3) is 0.133. The van der Waals surface area contributed by atoms with Crippen molar-refractivity contribution in [2.24, 2.45) is 0 Å². The number of hydrogen-bond donors (Lipinski definition) is 2. The molecule has 3 N–H and O–H groups in total. The minimum Gasteiger partial charge on any atom is -0.397 e. The predicted molar refractivity (Wildman–Crippen MR) is 78.2 cm³/mol. The maximum atomic E-state index is 12.2. The van der Waals surface area contributed by atoms with E-state index in [4.69, 9.17) is 17.3 Å². The van der Waals surface area contributed by atoms with E-state index in [1.807, 2.05) is 37.3 Å². The van der Waals surface area contributed by atoms with Crippen LogP contribution in [-0.4, -0.2) is 5.91 Å². The molecule has 0 aromatic heterocycles. The third-order valence-corrected chi connectivity index (χ3v) is 3.27. The molecular formula is C15H15ClN2O. The highest BCUT2D eigenvalue weighted by Gasteiger charge is 2.14. The second-order valence-corrected chi connectivity index (χ2v) is 4.71. The van der Waals surface area contributed by atoms with Crippen LogP contribution in [0.5, 0.6) is 0 Å². The number of para-hydroxylation sites is 1. The molecule has 0 aliphatic rings. The zero-order valence-electron chi connectivity index (χ0n) is 10.6. The lowest BCUT2D eigenvalue weighted by molar-refractivity contribution is 0.0941. The van der Waals surface area contributed by atoms with E-state index >= 15 is 0 Å². The molecule has 0 bridgehead atoms. The van der Waals surface area contributed by atoms with Gasteiger partial charge in [0.2, 0.25) is 0 Å². The highest BCUT2D eigenvalue weighted by Crippen LogP contribution is 2.23. The van der Waals surface area contributed by atoms with Gasteiger partial charge in [0, 0.05) is 0 Å². The summed E-state index contributed by atoms with van der Waals surface area (Å²) in [6.45, 7) is 1.92. The van der Waals surface area contributed by atoms with Crippen LogP contribution in [-0.2, 0) is 0 Å². The molecule has 2 rings (SSSR count). The Labute approximate surface area is 117 Å². The number of nitrogens with two attached hydrogens (primary N) is 1. The number of hydrogen-bond acceptors (Lipinski definition) is 2. The van der Waals surface area contributed by atoms with E-state index < -0.39 is 0 Å². The number of carbonyl (C=O) groups excluding carboxylic acids is 1. The third-order valence-electron chi connectivity index (χ3n) is 2.94. The van der Waals surface area contributed by atoms with Crippen molar-refractivity contribution >= 4 is 23.2 Å². The van der Waals surface area contributed by atoms with Crippen molar-refractivity contribution in [1.29, 1.82) is 0 Å². The third kappa shape index (κ3) is 3.06. The lowest BCUT2D eigenvalue weighted by atomic mass is 10.1. The lowest BCUT2D eigenvalue weighted by Crippen LogP contribution is -2.27. The molecule has 0 saturated carbocycles. The number of carbonyl (C=O) groups is 1. The zero-order chi connectivity index (χ0) is 13.8. The second kappa shape index (κ2) is 5.76. The first-order valence-corrected chi connectivity index (χ1v) is 6.37. The predicted octanol–water partition coefficient (Wildman–Crippen LogP) is 3.41. The molecule has 0 aliphatic heterocycles. The van der Waals surface area contributed by atoms with E-state index in [0.717, 1.165) is 5.56 Å². The van der Waals surface area contributed by atoms with E-state index in [9.17, 15) is 4.79 Å². The zero-order valence-corrected chi connectivity index (χ0v) is 11.3. The van der Waals surface area contributed by atoms with Gasteiger partial charge in [-0.1, -0.05) is 48.0 Å². The van der Waals surface area contributed by atoms with Gasteiger partial charge in [-0.05, 0) is 24.6 Å². The number of benzene rings is 2. The quantitative estimate of drug-likeness (QED) is 0.843. The molecule has 0 saturated heterocycles. The number of anilines is 1. The molecular weight excluding hydrogens is 260 g/mol. The topological polar surface area (TPSA) is 55.1 Å². The highest BCUT2D eigenvalue weighted by molar-refractivity contribution is 6.33. The summed E-state index contributed by atoms with van der Waals surface area (Å²) in [6.07, 6.45) is 0. The SMILES string of the molecule is CC(NC(=O)c1cccc(Cl)c1N)c1ccccc1. The van der Waals surface area contributed by atoms with Gasteiger partial charge in [0.05, 0.1) is 22.3 Å². The van der Waals surface area contributed by atoms with Crippen LogP contribution in [0.3, 0.4) is 0 Å². The van der Waals surface area contributed by atoms with Gasteiger partial charge in [-0.15, -0.1) is 0 Å². The van der Waals surface area contributed by atoms with Crippen LogP contribution >= 0.6 is 11.6 Å². The fourth-order valence-corrected chi connectivity index (χ4v) is 2.01. The van der Waals surface area contributed by atoms with Gasteiger partial charge in [0.25, 0.3) is 5.91 Å². The first-order chi connectivity index (χ1) is 9.09. The largest absolute Gasteiger partial charge is 0.397 e. The summed E-state index contributed by atoms with van der Waals surface area (Å²) in [5, 5.41) is 3.29. The van der Waals surface area contributed by atoms with Gasteiger partial charge in [0.15, 0.2) is 0 Å². The number of amides is 1. The Morgan fingerprint density at radius 3 is 2.53 bits per heavy atom. The smallest absolute Gasteiger partial charge is 0.253 e. The lowest BCUT2D eigenvalue weighted by Gasteiger charge is -2.15. The van der Waals surface area contributed by atoms with E-state index in [2.05, 4.69) is 5.32 Å². The fourth-order valence-electron chi connectivity index (χ4n) is 1.83. The van der Waals surface area contributed by atoms with Crippen molar-refractivity contribution in [3.05, 3.63) is 64.7 Å². The van der Waals surface area contributed by atoms with Crippen LogP contribution in [0.4, 0.5) is 5.69 Å². The van der Waals surface area contributed by atoms with Crippen LogP contribution in [0.1, 0.15) is 28.9 Å². The van der Waals surface area contributed by atoms with Crippen molar-refractivity contribution in [2.45, 2.75) is 13.0 Å². The van der Waals surface area contributed by atoms with Crippen molar-refractivity contribution in [1.82, 2.24) is 5.32 Å². The Bertz CT molecular complexity index is 584. The van der Waals surface area contributed by atoms with Crippen LogP contribution in [0, 0.1) is 0 Å². The first-order valence-electron chi connectivity index (χ1n) is 5.99. The number of nitrogen functional groups attached to an aromatic ring is 1. The average Bonchev–Trinajstić information content (AvgIpc) is 2.42. The molecule has 3 nitrogen and oxygen atoms in total. The maximum Gasteiger partial charge on any atom is 0.253 e. The van der Waals surface area contributed by atoms with Gasteiger partial charge in [-0.3, -0.25) is 4.79 Å². The van der Waals surface area contributed by atoms with Crippen molar-refractivity contribution in [3.63, 3.8) is 0 Å². The van der Waals surface area contributed by atoms with E-state index in [-0.39, 0.29) is 11.9 Å². The summed E-state index contributed by atoms with van der Waals surface area (Å²) in [6, 6.07) is 14.7. The van der Waals surface area contributed by atoms with E-state index in [1.54, 1.807) is 18.2 Å². The monoisotopic (exact) mass is 274 g/mol. The molecule has 0 heterocycles. The molecule has 1 unspecified atom stereocenters.